The summed E-state index contributed by atoms with van der Waals surface area (Å²) in [6.45, 7) is 4.63. The molecule has 0 aromatic heterocycles. The van der Waals surface area contributed by atoms with Crippen molar-refractivity contribution in [2.24, 2.45) is 23.7 Å². The van der Waals surface area contributed by atoms with Gasteiger partial charge in [0.2, 0.25) is 0 Å². The van der Waals surface area contributed by atoms with Gasteiger partial charge in [-0.2, -0.15) is 0 Å². The molecule has 0 N–H and O–H groups in total. The molecule has 0 aliphatic heterocycles. The number of hydrogen-bond acceptors (Lipinski definition) is 2. The summed E-state index contributed by atoms with van der Waals surface area (Å²) in [5, 5.41) is 0. The Balaban J connectivity index is 1.01. The van der Waals surface area contributed by atoms with Crippen LogP contribution in [0.1, 0.15) is 96.3 Å². The van der Waals surface area contributed by atoms with Gasteiger partial charge in [-0.1, -0.05) is 159 Å². The number of para-hydroxylation sites is 3. The third-order valence-electron chi connectivity index (χ3n) is 17.9. The van der Waals surface area contributed by atoms with Gasteiger partial charge >= 0.3 is 0 Å². The van der Waals surface area contributed by atoms with E-state index in [2.05, 4.69) is 212 Å². The van der Waals surface area contributed by atoms with Crippen LogP contribution >= 0.6 is 0 Å². The van der Waals surface area contributed by atoms with Crippen LogP contribution in [0.15, 0.2) is 212 Å². The quantitative estimate of drug-likeness (QED) is 0.157. The smallest absolute Gasteiger partial charge is 0.0727 e. The van der Waals surface area contributed by atoms with Gasteiger partial charge in [0.15, 0.2) is 0 Å². The van der Waals surface area contributed by atoms with E-state index in [1.54, 1.807) is 0 Å². The summed E-state index contributed by atoms with van der Waals surface area (Å²) in [4.78, 5) is 4.62. The molecule has 7 aliphatic rings. The highest BCUT2D eigenvalue weighted by atomic mass is 15.2. The monoisotopic (exact) mass is 904 g/mol. The second-order valence-electron chi connectivity index (χ2n) is 21.8. The molecule has 70 heavy (non-hydrogen) atoms. The number of nitrogens with zero attached hydrogens (tertiary/aromatic N) is 2. The summed E-state index contributed by atoms with van der Waals surface area (Å²) in [6, 6.07) is 68.6. The first kappa shape index (κ1) is 36.5. The first-order valence-electron chi connectivity index (χ1n) is 27.6. The van der Waals surface area contributed by atoms with Crippen molar-refractivity contribution in [3.63, 3.8) is 0 Å². The molecule has 4 fully saturated rings. The first-order valence-corrected chi connectivity index (χ1v) is 25.6. The highest BCUT2D eigenvalue weighted by Crippen LogP contribution is 2.65. The van der Waals surface area contributed by atoms with Crippen LogP contribution in [0.2, 0.25) is 0 Å². The van der Waals surface area contributed by atoms with E-state index in [-0.39, 0.29) is 35.5 Å². The number of hydrogen-bond donors (Lipinski definition) is 0. The molecule has 7 aliphatic carbocycles. The van der Waals surface area contributed by atoms with Crippen LogP contribution in [0.3, 0.4) is 0 Å². The predicted molar refractivity (Wildman–Crippen MR) is 289 cm³/mol. The van der Waals surface area contributed by atoms with E-state index in [0.717, 1.165) is 59.7 Å². The van der Waals surface area contributed by atoms with Gasteiger partial charge in [-0.05, 0) is 201 Å². The van der Waals surface area contributed by atoms with Crippen LogP contribution in [0, 0.1) is 23.7 Å². The molecule has 0 radical (unpaired) electrons. The van der Waals surface area contributed by atoms with E-state index in [1.807, 2.05) is 0 Å². The SMILES string of the molecule is [2H]c1c([2H])c([2H])c(N(c2ccc3c(c2)C(C)(C)c2ccccc2-3)c2ccc3c(c2)C2(c4ccccc4-c4ccc(N(c5ccccc5)c5ccccc5)cc42)c2ccccc2-3)c(C2C3CC4CC(C3)CC2C4)c1[2H]. The zero-order valence-electron chi connectivity index (χ0n) is 43.7. The van der Waals surface area contributed by atoms with E-state index in [4.69, 9.17) is 0 Å². The summed E-state index contributed by atoms with van der Waals surface area (Å²) in [5.74, 6) is 2.26. The fourth-order valence-electron chi connectivity index (χ4n) is 15.4. The molecule has 0 amide bonds. The standard InChI is InChI=1S/C68H56N2/c1-67(2)59-25-13-9-21-52(59)55-32-30-50(40-62(55)67)70(65-28-16-12-24-58(65)66-45-36-43-35-44(38-45)39-46(66)37-43)51-31-34-57-54-23-11-15-27-61(54)68(64(57)42-51)60-26-14-10-22-53(60)56-33-29-49(41-63(56)68)69(47-17-5-3-6-18-47)48-19-7-4-8-20-48/h3-34,40-46,66H,35-39H2,1-2H3/i12D,16D,24D,28D. The number of fused-ring (bicyclic) bond motifs is 13. The number of anilines is 6. The predicted octanol–water partition coefficient (Wildman–Crippen LogP) is 17.8. The molecule has 2 heteroatoms. The van der Waals surface area contributed by atoms with E-state index in [1.165, 1.54) is 73.2 Å². The summed E-state index contributed by atoms with van der Waals surface area (Å²) in [6.07, 6.45) is 5.85. The highest BCUT2D eigenvalue weighted by Gasteiger charge is 2.53. The Labute approximate surface area is 418 Å². The summed E-state index contributed by atoms with van der Waals surface area (Å²) in [5.41, 5.74) is 20.0. The van der Waals surface area contributed by atoms with Gasteiger partial charge in [0, 0.05) is 39.5 Å². The Hall–Kier alpha value is -7.42. The van der Waals surface area contributed by atoms with E-state index < -0.39 is 5.41 Å². The fourth-order valence-corrected chi connectivity index (χ4v) is 15.4. The topological polar surface area (TPSA) is 6.48 Å². The maximum absolute atomic E-state index is 10.2. The lowest BCUT2D eigenvalue weighted by Crippen LogP contribution is -2.44. The van der Waals surface area contributed by atoms with Crippen molar-refractivity contribution in [3.05, 3.63) is 251 Å². The van der Waals surface area contributed by atoms with Gasteiger partial charge < -0.3 is 9.80 Å². The molecule has 9 aromatic carbocycles. The first-order chi connectivity index (χ1) is 36.1. The average Bonchev–Trinajstić information content (AvgIpc) is 3.99. The molecule has 16 rings (SSSR count). The Morgan fingerprint density at radius 3 is 1.34 bits per heavy atom. The molecular formula is C68H56N2. The van der Waals surface area contributed by atoms with E-state index in [9.17, 15) is 5.48 Å². The molecule has 9 aromatic rings. The van der Waals surface area contributed by atoms with Crippen LogP contribution in [0.5, 0.6) is 0 Å². The third-order valence-corrected chi connectivity index (χ3v) is 17.9. The minimum Gasteiger partial charge on any atom is -0.310 e. The molecule has 1 unspecified atom stereocenters. The number of rotatable bonds is 7. The summed E-state index contributed by atoms with van der Waals surface area (Å²) >= 11 is 0. The lowest BCUT2D eigenvalue weighted by Gasteiger charge is -2.55. The van der Waals surface area contributed by atoms with Crippen molar-refractivity contribution in [1.29, 1.82) is 0 Å². The van der Waals surface area contributed by atoms with Gasteiger partial charge in [0.05, 0.1) is 10.9 Å². The lowest BCUT2D eigenvalue weighted by atomic mass is 9.50. The second-order valence-corrected chi connectivity index (χ2v) is 21.8. The Kier molecular flexibility index (Phi) is 7.85. The van der Waals surface area contributed by atoms with Crippen LogP contribution in [0.25, 0.3) is 33.4 Å². The molecule has 4 bridgehead atoms. The fraction of sp³-hybridized carbons (Fsp3) is 0.206. The zero-order valence-corrected chi connectivity index (χ0v) is 39.7. The zero-order chi connectivity index (χ0) is 49.8. The highest BCUT2D eigenvalue weighted by molar-refractivity contribution is 5.98. The number of benzene rings is 9. The van der Waals surface area contributed by atoms with Crippen LogP contribution in [0.4, 0.5) is 34.1 Å². The maximum atomic E-state index is 10.2. The minimum atomic E-state index is -0.712. The van der Waals surface area contributed by atoms with Gasteiger partial charge in [-0.25, -0.2) is 0 Å². The van der Waals surface area contributed by atoms with Crippen molar-refractivity contribution in [2.45, 2.75) is 62.7 Å². The second kappa shape index (κ2) is 15.0. The van der Waals surface area contributed by atoms with Crippen molar-refractivity contribution in [1.82, 2.24) is 0 Å². The minimum absolute atomic E-state index is 0.0273. The van der Waals surface area contributed by atoms with Crippen molar-refractivity contribution < 1.29 is 5.48 Å². The summed E-state index contributed by atoms with van der Waals surface area (Å²) < 4.78 is 39.0. The molecule has 0 saturated heterocycles. The van der Waals surface area contributed by atoms with E-state index >= 15 is 0 Å². The third kappa shape index (κ3) is 5.62. The Morgan fingerprint density at radius 2 is 0.800 bits per heavy atom. The molecular weight excluding hydrogens is 845 g/mol. The molecule has 1 spiro atoms. The van der Waals surface area contributed by atoms with Gasteiger partial charge in [0.25, 0.3) is 0 Å². The Bertz CT molecular complexity index is 3730. The van der Waals surface area contributed by atoms with Crippen LogP contribution in [-0.2, 0) is 10.8 Å². The van der Waals surface area contributed by atoms with Crippen LogP contribution in [-0.4, -0.2) is 0 Å². The summed E-state index contributed by atoms with van der Waals surface area (Å²) in [7, 11) is 0. The molecule has 2 nitrogen and oxygen atoms in total. The Morgan fingerprint density at radius 1 is 0.386 bits per heavy atom. The van der Waals surface area contributed by atoms with Gasteiger partial charge in [-0.15, -0.1) is 0 Å². The molecule has 4 saturated carbocycles. The van der Waals surface area contributed by atoms with Crippen molar-refractivity contribution >= 4 is 34.1 Å². The normalized spacial score (nSPS) is 23.8. The lowest BCUT2D eigenvalue weighted by molar-refractivity contribution is -0.00259. The van der Waals surface area contributed by atoms with E-state index in [0.29, 0.717) is 29.4 Å². The largest absolute Gasteiger partial charge is 0.310 e. The van der Waals surface area contributed by atoms with Gasteiger partial charge in [0.1, 0.15) is 0 Å². The average molecular weight is 905 g/mol. The molecule has 1 atom stereocenters. The van der Waals surface area contributed by atoms with Gasteiger partial charge in [-0.3, -0.25) is 0 Å². The van der Waals surface area contributed by atoms with Crippen molar-refractivity contribution in [2.75, 3.05) is 9.80 Å². The molecule has 0 heterocycles. The maximum Gasteiger partial charge on any atom is 0.0727 e. The molecule has 338 valence electrons. The van der Waals surface area contributed by atoms with Crippen molar-refractivity contribution in [3.8, 4) is 33.4 Å². The van der Waals surface area contributed by atoms with Crippen LogP contribution < -0.4 is 9.80 Å².